The van der Waals surface area contributed by atoms with Crippen LogP contribution in [0.5, 0.6) is 0 Å². The van der Waals surface area contributed by atoms with Crippen LogP contribution in [0.1, 0.15) is 5.56 Å². The lowest BCUT2D eigenvalue weighted by atomic mass is 10.3. The first-order chi connectivity index (χ1) is 6.86. The number of aromatic nitrogens is 2. The van der Waals surface area contributed by atoms with Crippen LogP contribution in [0.15, 0.2) is 12.4 Å². The SMILES string of the molecule is C#CCn1cc(CNCCOC)cn1. The molecule has 0 atom stereocenters. The highest BCUT2D eigenvalue weighted by Gasteiger charge is 1.96. The number of methoxy groups -OCH3 is 1. The quantitative estimate of drug-likeness (QED) is 0.520. The molecule has 4 heteroatoms. The Kier molecular flexibility index (Phi) is 4.76. The molecule has 1 aromatic rings. The van der Waals surface area contributed by atoms with Crippen molar-refractivity contribution >= 4 is 0 Å². The van der Waals surface area contributed by atoms with Gasteiger partial charge in [0.1, 0.15) is 6.54 Å². The van der Waals surface area contributed by atoms with Gasteiger partial charge in [-0.25, -0.2) is 0 Å². The van der Waals surface area contributed by atoms with E-state index in [9.17, 15) is 0 Å². The van der Waals surface area contributed by atoms with Gasteiger partial charge in [-0.3, -0.25) is 4.68 Å². The minimum Gasteiger partial charge on any atom is -0.383 e. The van der Waals surface area contributed by atoms with Gasteiger partial charge >= 0.3 is 0 Å². The molecule has 0 aliphatic heterocycles. The molecule has 0 bridgehead atoms. The third kappa shape index (κ3) is 3.60. The van der Waals surface area contributed by atoms with Gasteiger partial charge < -0.3 is 10.1 Å². The fourth-order valence-electron chi connectivity index (χ4n) is 1.08. The molecule has 1 heterocycles. The smallest absolute Gasteiger partial charge is 0.101 e. The second-order valence-electron chi connectivity index (χ2n) is 2.92. The second-order valence-corrected chi connectivity index (χ2v) is 2.92. The summed E-state index contributed by atoms with van der Waals surface area (Å²) in [5.41, 5.74) is 1.14. The molecule has 14 heavy (non-hydrogen) atoms. The summed E-state index contributed by atoms with van der Waals surface area (Å²) in [7, 11) is 1.69. The number of hydrogen-bond donors (Lipinski definition) is 1. The van der Waals surface area contributed by atoms with Crippen LogP contribution in [-0.2, 0) is 17.8 Å². The Morgan fingerprint density at radius 1 is 1.71 bits per heavy atom. The van der Waals surface area contributed by atoms with E-state index in [0.717, 1.165) is 25.3 Å². The van der Waals surface area contributed by atoms with E-state index < -0.39 is 0 Å². The standard InChI is InChI=1S/C10H15N3O/c1-3-5-13-9-10(8-12-13)7-11-4-6-14-2/h1,8-9,11H,4-7H2,2H3. The highest BCUT2D eigenvalue weighted by atomic mass is 16.5. The maximum atomic E-state index is 5.17. The topological polar surface area (TPSA) is 39.1 Å². The molecule has 1 aromatic heterocycles. The number of nitrogens with one attached hydrogen (secondary N) is 1. The Labute approximate surface area is 84.3 Å². The highest BCUT2D eigenvalue weighted by Crippen LogP contribution is 1.96. The lowest BCUT2D eigenvalue weighted by Crippen LogP contribution is -2.18. The van der Waals surface area contributed by atoms with Gasteiger partial charge in [-0.15, -0.1) is 6.42 Å². The van der Waals surface area contributed by atoms with Crippen LogP contribution < -0.4 is 5.32 Å². The fraction of sp³-hybridized carbons (Fsp3) is 0.500. The molecule has 0 spiro atoms. The molecule has 0 aliphatic carbocycles. The molecule has 0 aliphatic rings. The van der Waals surface area contributed by atoms with Crippen molar-refractivity contribution in [3.63, 3.8) is 0 Å². The van der Waals surface area contributed by atoms with Crippen LogP contribution in [0.2, 0.25) is 0 Å². The average molecular weight is 193 g/mol. The van der Waals surface area contributed by atoms with E-state index >= 15 is 0 Å². The van der Waals surface area contributed by atoms with Crippen molar-refractivity contribution in [3.05, 3.63) is 18.0 Å². The molecular weight excluding hydrogens is 178 g/mol. The number of ether oxygens (including phenoxy) is 1. The average Bonchev–Trinajstić information content (AvgIpc) is 2.61. The van der Waals surface area contributed by atoms with Gasteiger partial charge in [-0.1, -0.05) is 5.92 Å². The van der Waals surface area contributed by atoms with Gasteiger partial charge in [0.15, 0.2) is 0 Å². The van der Waals surface area contributed by atoms with Crippen LogP contribution in [-0.4, -0.2) is 30.0 Å². The van der Waals surface area contributed by atoms with Crippen molar-refractivity contribution in [3.8, 4) is 12.3 Å². The van der Waals surface area contributed by atoms with Crippen molar-refractivity contribution in [2.45, 2.75) is 13.1 Å². The summed E-state index contributed by atoms with van der Waals surface area (Å²) in [6.45, 7) is 2.89. The summed E-state index contributed by atoms with van der Waals surface area (Å²) in [5.74, 6) is 2.53. The highest BCUT2D eigenvalue weighted by molar-refractivity contribution is 5.04. The first-order valence-corrected chi connectivity index (χ1v) is 4.51. The molecule has 0 fully saturated rings. The van der Waals surface area contributed by atoms with Crippen molar-refractivity contribution in [1.29, 1.82) is 0 Å². The van der Waals surface area contributed by atoms with Gasteiger partial charge in [-0.05, 0) is 0 Å². The Morgan fingerprint density at radius 3 is 3.29 bits per heavy atom. The zero-order valence-corrected chi connectivity index (χ0v) is 8.36. The van der Waals surface area contributed by atoms with E-state index in [4.69, 9.17) is 11.2 Å². The molecule has 4 nitrogen and oxygen atoms in total. The van der Waals surface area contributed by atoms with E-state index in [0.29, 0.717) is 6.54 Å². The number of nitrogens with zero attached hydrogens (tertiary/aromatic N) is 2. The van der Waals surface area contributed by atoms with Crippen molar-refractivity contribution in [2.24, 2.45) is 0 Å². The van der Waals surface area contributed by atoms with Crippen LogP contribution >= 0.6 is 0 Å². The molecule has 0 saturated carbocycles. The van der Waals surface area contributed by atoms with Gasteiger partial charge in [0.05, 0.1) is 12.8 Å². The normalized spacial score (nSPS) is 10.0. The van der Waals surface area contributed by atoms with Gasteiger partial charge in [-0.2, -0.15) is 5.10 Å². The summed E-state index contributed by atoms with van der Waals surface area (Å²) in [4.78, 5) is 0. The van der Waals surface area contributed by atoms with Gasteiger partial charge in [0, 0.05) is 32.0 Å². The van der Waals surface area contributed by atoms with E-state index in [-0.39, 0.29) is 0 Å². The lowest BCUT2D eigenvalue weighted by Gasteiger charge is -2.00. The summed E-state index contributed by atoms with van der Waals surface area (Å²) < 4.78 is 6.66. The third-order valence-electron chi connectivity index (χ3n) is 1.75. The van der Waals surface area contributed by atoms with Crippen LogP contribution in [0.25, 0.3) is 0 Å². The predicted molar refractivity (Wildman–Crippen MR) is 54.6 cm³/mol. The minimum atomic E-state index is 0.526. The number of terminal acetylenes is 1. The summed E-state index contributed by atoms with van der Waals surface area (Å²) in [5, 5.41) is 7.34. The Bertz CT molecular complexity index is 301. The first kappa shape index (κ1) is 10.8. The van der Waals surface area contributed by atoms with Crippen LogP contribution in [0.4, 0.5) is 0 Å². The zero-order valence-electron chi connectivity index (χ0n) is 8.36. The third-order valence-corrected chi connectivity index (χ3v) is 1.75. The van der Waals surface area contributed by atoms with Crippen LogP contribution in [0.3, 0.4) is 0 Å². The second kappa shape index (κ2) is 6.19. The Morgan fingerprint density at radius 2 is 2.57 bits per heavy atom. The van der Waals surface area contributed by atoms with E-state index in [1.807, 2.05) is 12.4 Å². The maximum Gasteiger partial charge on any atom is 0.101 e. The maximum absolute atomic E-state index is 5.17. The number of hydrogen-bond acceptors (Lipinski definition) is 3. The molecule has 76 valence electrons. The van der Waals surface area contributed by atoms with E-state index in [1.165, 1.54) is 0 Å². The largest absolute Gasteiger partial charge is 0.383 e. The molecule has 0 amide bonds. The number of rotatable bonds is 6. The van der Waals surface area contributed by atoms with Gasteiger partial charge in [0.2, 0.25) is 0 Å². The zero-order chi connectivity index (χ0) is 10.2. The molecular formula is C10H15N3O. The molecule has 1 N–H and O–H groups in total. The monoisotopic (exact) mass is 193 g/mol. The first-order valence-electron chi connectivity index (χ1n) is 4.51. The minimum absolute atomic E-state index is 0.526. The molecule has 1 rings (SSSR count). The molecule has 0 saturated heterocycles. The van der Waals surface area contributed by atoms with E-state index in [2.05, 4.69) is 16.3 Å². The predicted octanol–water partition coefficient (Wildman–Crippen LogP) is 0.252. The van der Waals surface area contributed by atoms with E-state index in [1.54, 1.807) is 11.8 Å². The summed E-state index contributed by atoms with van der Waals surface area (Å²) >= 11 is 0. The van der Waals surface area contributed by atoms with Gasteiger partial charge in [0.25, 0.3) is 0 Å². The molecule has 0 unspecified atom stereocenters. The Balaban J connectivity index is 2.26. The summed E-state index contributed by atoms with van der Waals surface area (Å²) in [6.07, 6.45) is 8.93. The van der Waals surface area contributed by atoms with Crippen molar-refractivity contribution in [1.82, 2.24) is 15.1 Å². The van der Waals surface area contributed by atoms with Crippen molar-refractivity contribution < 1.29 is 4.74 Å². The molecule has 0 radical (unpaired) electrons. The lowest BCUT2D eigenvalue weighted by molar-refractivity contribution is 0.199. The fourth-order valence-corrected chi connectivity index (χ4v) is 1.08. The van der Waals surface area contributed by atoms with Crippen molar-refractivity contribution in [2.75, 3.05) is 20.3 Å². The summed E-state index contributed by atoms with van der Waals surface area (Å²) in [6, 6.07) is 0. The molecule has 0 aromatic carbocycles. The van der Waals surface area contributed by atoms with Crippen LogP contribution in [0, 0.1) is 12.3 Å². The Hall–Kier alpha value is -1.31.